The molecule has 1 heterocycles. The summed E-state index contributed by atoms with van der Waals surface area (Å²) in [5.74, 6) is 1.37. The summed E-state index contributed by atoms with van der Waals surface area (Å²) >= 11 is 0. The van der Waals surface area contributed by atoms with Gasteiger partial charge >= 0.3 is 0 Å². The van der Waals surface area contributed by atoms with E-state index in [1.807, 2.05) is 0 Å². The van der Waals surface area contributed by atoms with Crippen molar-refractivity contribution in [3.05, 3.63) is 41.9 Å². The quantitative estimate of drug-likeness (QED) is 0.766. The smallest absolute Gasteiger partial charge is 0.208 e. The van der Waals surface area contributed by atoms with Gasteiger partial charge in [0.2, 0.25) is 5.89 Å². The van der Waals surface area contributed by atoms with Gasteiger partial charge in [0.25, 0.3) is 0 Å². The van der Waals surface area contributed by atoms with Gasteiger partial charge < -0.3 is 10.2 Å². The number of aromatic nitrogens is 1. The van der Waals surface area contributed by atoms with Gasteiger partial charge in [0.15, 0.2) is 5.76 Å². The molecule has 0 amide bonds. The van der Waals surface area contributed by atoms with E-state index in [4.69, 9.17) is 10.2 Å². The van der Waals surface area contributed by atoms with E-state index in [0.717, 1.165) is 17.7 Å². The second-order valence-corrected chi connectivity index (χ2v) is 4.83. The Balaban J connectivity index is 1.94. The minimum Gasteiger partial charge on any atom is -0.439 e. The average molecular weight is 258 g/mol. The Kier molecular flexibility index (Phi) is 5.16. The van der Waals surface area contributed by atoms with Gasteiger partial charge in [-0.1, -0.05) is 50.5 Å². The molecule has 19 heavy (non-hydrogen) atoms. The highest BCUT2D eigenvalue weighted by molar-refractivity contribution is 5.56. The zero-order chi connectivity index (χ0) is 13.5. The van der Waals surface area contributed by atoms with Crippen LogP contribution in [-0.2, 0) is 13.0 Å². The van der Waals surface area contributed by atoms with Crippen molar-refractivity contribution in [2.75, 3.05) is 0 Å². The van der Waals surface area contributed by atoms with Gasteiger partial charge in [0.05, 0.1) is 12.7 Å². The predicted octanol–water partition coefficient (Wildman–Crippen LogP) is 3.92. The molecule has 0 atom stereocenters. The van der Waals surface area contributed by atoms with Crippen molar-refractivity contribution in [2.45, 2.75) is 45.6 Å². The van der Waals surface area contributed by atoms with Gasteiger partial charge in [0, 0.05) is 5.56 Å². The Morgan fingerprint density at radius 2 is 1.89 bits per heavy atom. The Morgan fingerprint density at radius 1 is 1.11 bits per heavy atom. The van der Waals surface area contributed by atoms with Crippen molar-refractivity contribution in [3.8, 4) is 11.3 Å². The van der Waals surface area contributed by atoms with E-state index in [2.05, 4.69) is 36.2 Å². The molecule has 1 aromatic carbocycles. The third-order valence-electron chi connectivity index (χ3n) is 3.29. The van der Waals surface area contributed by atoms with Gasteiger partial charge in [-0.05, 0) is 18.4 Å². The summed E-state index contributed by atoms with van der Waals surface area (Å²) in [4.78, 5) is 4.11. The minimum absolute atomic E-state index is 0.343. The first-order valence-corrected chi connectivity index (χ1v) is 7.07. The Hall–Kier alpha value is -1.61. The maximum atomic E-state index is 5.54. The molecule has 0 spiro atoms. The topological polar surface area (TPSA) is 52.0 Å². The summed E-state index contributed by atoms with van der Waals surface area (Å²) < 4.78 is 5.54. The fraction of sp³-hybridized carbons (Fsp3) is 0.438. The average Bonchev–Trinajstić information content (AvgIpc) is 2.93. The lowest BCUT2D eigenvalue weighted by atomic mass is 10.0. The van der Waals surface area contributed by atoms with Crippen molar-refractivity contribution < 1.29 is 4.42 Å². The molecule has 3 nitrogen and oxygen atoms in total. The molecule has 0 saturated carbocycles. The van der Waals surface area contributed by atoms with Crippen molar-refractivity contribution in [2.24, 2.45) is 5.73 Å². The first kappa shape index (κ1) is 13.8. The van der Waals surface area contributed by atoms with E-state index in [1.54, 1.807) is 6.20 Å². The normalized spacial score (nSPS) is 10.8. The molecule has 2 rings (SSSR count). The van der Waals surface area contributed by atoms with Gasteiger partial charge in [-0.15, -0.1) is 0 Å². The number of nitrogens with two attached hydrogens (primary N) is 1. The number of benzene rings is 1. The molecule has 2 N–H and O–H groups in total. The number of nitrogens with zero attached hydrogens (tertiary/aromatic N) is 1. The fourth-order valence-electron chi connectivity index (χ4n) is 2.13. The standard InChI is InChI=1S/C16H22N2O/c1-2-3-4-5-6-13-7-9-14(10-8-13)15-12-18-16(11-17)19-15/h7-10,12H,2-6,11,17H2,1H3. The van der Waals surface area contributed by atoms with E-state index in [-0.39, 0.29) is 0 Å². The van der Waals surface area contributed by atoms with Crippen LogP contribution in [0.25, 0.3) is 11.3 Å². The summed E-state index contributed by atoms with van der Waals surface area (Å²) in [6, 6.07) is 8.53. The maximum absolute atomic E-state index is 5.54. The summed E-state index contributed by atoms with van der Waals surface area (Å²) in [6.07, 6.45) is 8.10. The second kappa shape index (κ2) is 7.10. The van der Waals surface area contributed by atoms with Gasteiger partial charge in [-0.3, -0.25) is 0 Å². The van der Waals surface area contributed by atoms with Crippen LogP contribution in [0.2, 0.25) is 0 Å². The largest absolute Gasteiger partial charge is 0.439 e. The van der Waals surface area contributed by atoms with Crippen LogP contribution in [0.3, 0.4) is 0 Å². The molecule has 0 saturated heterocycles. The molecule has 2 aromatic rings. The SMILES string of the molecule is CCCCCCc1ccc(-c2cnc(CN)o2)cc1. The molecule has 0 aliphatic heterocycles. The van der Waals surface area contributed by atoms with Crippen molar-refractivity contribution in [1.82, 2.24) is 4.98 Å². The predicted molar refractivity (Wildman–Crippen MR) is 77.7 cm³/mol. The number of hydrogen-bond acceptors (Lipinski definition) is 3. The first-order valence-electron chi connectivity index (χ1n) is 7.07. The molecular formula is C16H22N2O. The van der Waals surface area contributed by atoms with Crippen LogP contribution in [0, 0.1) is 0 Å². The van der Waals surface area contributed by atoms with Crippen LogP contribution in [0.15, 0.2) is 34.9 Å². The highest BCUT2D eigenvalue weighted by atomic mass is 16.4. The lowest BCUT2D eigenvalue weighted by Gasteiger charge is -2.02. The summed E-state index contributed by atoms with van der Waals surface area (Å²) in [5.41, 5.74) is 7.94. The van der Waals surface area contributed by atoms with E-state index < -0.39 is 0 Å². The molecule has 3 heteroatoms. The first-order chi connectivity index (χ1) is 9.33. The fourth-order valence-corrected chi connectivity index (χ4v) is 2.13. The Morgan fingerprint density at radius 3 is 2.53 bits per heavy atom. The lowest BCUT2D eigenvalue weighted by Crippen LogP contribution is -1.94. The van der Waals surface area contributed by atoms with Gasteiger partial charge in [0.1, 0.15) is 0 Å². The lowest BCUT2D eigenvalue weighted by molar-refractivity contribution is 0.509. The second-order valence-electron chi connectivity index (χ2n) is 4.83. The number of rotatable bonds is 7. The number of unbranched alkanes of at least 4 members (excludes halogenated alkanes) is 3. The monoisotopic (exact) mass is 258 g/mol. The molecule has 0 unspecified atom stereocenters. The molecule has 0 fully saturated rings. The zero-order valence-corrected chi connectivity index (χ0v) is 11.6. The molecule has 0 radical (unpaired) electrons. The zero-order valence-electron chi connectivity index (χ0n) is 11.6. The highest BCUT2D eigenvalue weighted by Crippen LogP contribution is 2.21. The number of oxazole rings is 1. The minimum atomic E-state index is 0.343. The van der Waals surface area contributed by atoms with E-state index >= 15 is 0 Å². The Bertz CT molecular complexity index is 488. The summed E-state index contributed by atoms with van der Waals surface area (Å²) in [6.45, 7) is 2.58. The van der Waals surface area contributed by atoms with Crippen LogP contribution >= 0.6 is 0 Å². The maximum Gasteiger partial charge on any atom is 0.208 e. The molecule has 0 aliphatic carbocycles. The van der Waals surface area contributed by atoms with E-state index in [0.29, 0.717) is 12.4 Å². The van der Waals surface area contributed by atoms with Crippen LogP contribution in [0.4, 0.5) is 0 Å². The molecule has 0 aliphatic rings. The van der Waals surface area contributed by atoms with Gasteiger partial charge in [-0.2, -0.15) is 0 Å². The highest BCUT2D eigenvalue weighted by Gasteiger charge is 2.04. The van der Waals surface area contributed by atoms with E-state index in [9.17, 15) is 0 Å². The molecule has 1 aromatic heterocycles. The molecule has 102 valence electrons. The van der Waals surface area contributed by atoms with Crippen molar-refractivity contribution in [3.63, 3.8) is 0 Å². The van der Waals surface area contributed by atoms with Crippen LogP contribution in [-0.4, -0.2) is 4.98 Å². The van der Waals surface area contributed by atoms with Crippen LogP contribution < -0.4 is 5.73 Å². The van der Waals surface area contributed by atoms with E-state index in [1.165, 1.54) is 31.2 Å². The summed E-state index contributed by atoms with van der Waals surface area (Å²) in [5, 5.41) is 0. The Labute approximate surface area is 114 Å². The number of aryl methyl sites for hydroxylation is 1. The van der Waals surface area contributed by atoms with Gasteiger partial charge in [-0.25, -0.2) is 4.98 Å². The third kappa shape index (κ3) is 3.93. The molecular weight excluding hydrogens is 236 g/mol. The number of hydrogen-bond donors (Lipinski definition) is 1. The summed E-state index contributed by atoms with van der Waals surface area (Å²) in [7, 11) is 0. The van der Waals surface area contributed by atoms with Crippen molar-refractivity contribution in [1.29, 1.82) is 0 Å². The van der Waals surface area contributed by atoms with Crippen LogP contribution in [0.5, 0.6) is 0 Å². The van der Waals surface area contributed by atoms with Crippen molar-refractivity contribution >= 4 is 0 Å². The molecule has 0 bridgehead atoms. The third-order valence-corrected chi connectivity index (χ3v) is 3.29. The van der Waals surface area contributed by atoms with Crippen LogP contribution in [0.1, 0.15) is 44.1 Å².